The lowest BCUT2D eigenvalue weighted by Gasteiger charge is -2.12. The molecule has 0 aliphatic heterocycles. The van der Waals surface area contributed by atoms with Gasteiger partial charge in [0, 0.05) is 29.1 Å². The Bertz CT molecular complexity index is 571. The molecule has 1 aromatic heterocycles. The van der Waals surface area contributed by atoms with E-state index in [1.54, 1.807) is 0 Å². The molecule has 2 N–H and O–H groups in total. The summed E-state index contributed by atoms with van der Waals surface area (Å²) >= 11 is 6.94. The predicted octanol–water partition coefficient (Wildman–Crippen LogP) is 3.63. The van der Waals surface area contributed by atoms with E-state index in [9.17, 15) is 8.78 Å². The third kappa shape index (κ3) is 2.85. The molecule has 2 aromatic rings. The molecule has 1 unspecified atom stereocenters. The first-order valence-electron chi connectivity index (χ1n) is 5.28. The average molecular weight is 289 g/mol. The molecule has 1 heterocycles. The summed E-state index contributed by atoms with van der Waals surface area (Å²) in [5, 5.41) is 2.45. The van der Waals surface area contributed by atoms with Gasteiger partial charge in [-0.15, -0.1) is 11.3 Å². The van der Waals surface area contributed by atoms with Crippen molar-refractivity contribution in [2.45, 2.75) is 19.4 Å². The molecule has 2 nitrogen and oxygen atoms in total. The van der Waals surface area contributed by atoms with Gasteiger partial charge in [-0.2, -0.15) is 0 Å². The summed E-state index contributed by atoms with van der Waals surface area (Å²) in [6, 6.07) is 1.35. The Hall–Kier alpha value is -1.04. The zero-order valence-electron chi connectivity index (χ0n) is 9.58. The molecule has 0 fully saturated rings. The fraction of sp³-hybridized carbons (Fsp3) is 0.250. The van der Waals surface area contributed by atoms with Crippen molar-refractivity contribution in [3.05, 3.63) is 50.4 Å². The Kier molecular flexibility index (Phi) is 3.94. The lowest BCUT2D eigenvalue weighted by molar-refractivity contribution is 0.561. The highest BCUT2D eigenvalue weighted by Gasteiger charge is 2.16. The standard InChI is InChI=1S/C12H11ClF2N2S/c1-6-5-18-12(17-6)4-11(16)7-2-10(15)8(13)3-9(7)14/h2-3,5,11H,4,16H2,1H3. The summed E-state index contributed by atoms with van der Waals surface area (Å²) in [5.41, 5.74) is 6.88. The molecular weight excluding hydrogens is 278 g/mol. The predicted molar refractivity (Wildman–Crippen MR) is 68.9 cm³/mol. The monoisotopic (exact) mass is 288 g/mol. The average Bonchev–Trinajstić information content (AvgIpc) is 2.69. The number of rotatable bonds is 3. The zero-order valence-corrected chi connectivity index (χ0v) is 11.2. The fourth-order valence-electron chi connectivity index (χ4n) is 1.62. The second-order valence-electron chi connectivity index (χ2n) is 3.98. The number of aromatic nitrogens is 1. The van der Waals surface area contributed by atoms with Crippen molar-refractivity contribution in [3.8, 4) is 0 Å². The molecule has 0 spiro atoms. The molecule has 0 radical (unpaired) electrons. The summed E-state index contributed by atoms with van der Waals surface area (Å²) in [6.45, 7) is 1.87. The number of halogens is 3. The van der Waals surface area contributed by atoms with Crippen LogP contribution >= 0.6 is 22.9 Å². The molecule has 1 aromatic carbocycles. The van der Waals surface area contributed by atoms with Gasteiger partial charge in [-0.1, -0.05) is 11.6 Å². The van der Waals surface area contributed by atoms with Crippen LogP contribution in [0.15, 0.2) is 17.5 Å². The maximum atomic E-state index is 13.6. The van der Waals surface area contributed by atoms with E-state index < -0.39 is 17.7 Å². The molecule has 6 heteroatoms. The Morgan fingerprint density at radius 3 is 2.72 bits per heavy atom. The lowest BCUT2D eigenvalue weighted by atomic mass is 10.0. The van der Waals surface area contributed by atoms with Crippen molar-refractivity contribution in [2.75, 3.05) is 0 Å². The molecule has 0 saturated heterocycles. The summed E-state index contributed by atoms with van der Waals surface area (Å²) in [6.07, 6.45) is 0.372. The zero-order chi connectivity index (χ0) is 13.3. The van der Waals surface area contributed by atoms with Crippen LogP contribution in [0, 0.1) is 18.6 Å². The van der Waals surface area contributed by atoms with E-state index in [1.165, 1.54) is 11.3 Å². The maximum Gasteiger partial charge on any atom is 0.142 e. The lowest BCUT2D eigenvalue weighted by Crippen LogP contribution is -2.15. The van der Waals surface area contributed by atoms with E-state index in [4.69, 9.17) is 17.3 Å². The first kappa shape index (κ1) is 13.4. The normalized spacial score (nSPS) is 12.7. The van der Waals surface area contributed by atoms with Crippen LogP contribution in [0.4, 0.5) is 8.78 Å². The van der Waals surface area contributed by atoms with E-state index in [-0.39, 0.29) is 10.6 Å². The van der Waals surface area contributed by atoms with Crippen LogP contribution in [0.25, 0.3) is 0 Å². The van der Waals surface area contributed by atoms with E-state index in [2.05, 4.69) is 4.98 Å². The van der Waals surface area contributed by atoms with Crippen LogP contribution in [-0.4, -0.2) is 4.98 Å². The summed E-state index contributed by atoms with van der Waals surface area (Å²) < 4.78 is 26.9. The molecule has 0 bridgehead atoms. The number of benzene rings is 1. The third-order valence-electron chi connectivity index (χ3n) is 2.50. The minimum atomic E-state index is -0.668. The van der Waals surface area contributed by atoms with E-state index in [1.807, 2.05) is 12.3 Å². The fourth-order valence-corrected chi connectivity index (χ4v) is 2.60. The molecule has 0 amide bonds. The SMILES string of the molecule is Cc1csc(CC(N)c2cc(F)c(Cl)cc2F)n1. The topological polar surface area (TPSA) is 38.9 Å². The largest absolute Gasteiger partial charge is 0.324 e. The smallest absolute Gasteiger partial charge is 0.142 e. The Morgan fingerprint density at radius 2 is 2.11 bits per heavy atom. The highest BCUT2D eigenvalue weighted by atomic mass is 35.5. The van der Waals surface area contributed by atoms with Crippen LogP contribution in [0.3, 0.4) is 0 Å². The number of hydrogen-bond donors (Lipinski definition) is 1. The Morgan fingerprint density at radius 1 is 1.39 bits per heavy atom. The van der Waals surface area contributed by atoms with Crippen molar-refractivity contribution in [3.63, 3.8) is 0 Å². The number of hydrogen-bond acceptors (Lipinski definition) is 3. The molecule has 1 atom stereocenters. The van der Waals surface area contributed by atoms with Crippen molar-refractivity contribution < 1.29 is 8.78 Å². The Balaban J connectivity index is 2.23. The van der Waals surface area contributed by atoms with E-state index in [0.717, 1.165) is 22.8 Å². The van der Waals surface area contributed by atoms with Gasteiger partial charge in [-0.3, -0.25) is 0 Å². The Labute approximate surface area is 112 Å². The van der Waals surface area contributed by atoms with Crippen LogP contribution < -0.4 is 5.73 Å². The van der Waals surface area contributed by atoms with Gasteiger partial charge in [0.2, 0.25) is 0 Å². The molecular formula is C12H11ClF2N2S. The number of aryl methyl sites for hydroxylation is 1. The van der Waals surface area contributed by atoms with Crippen LogP contribution in [0.2, 0.25) is 5.02 Å². The molecule has 96 valence electrons. The molecule has 18 heavy (non-hydrogen) atoms. The van der Waals surface area contributed by atoms with Gasteiger partial charge in [0.25, 0.3) is 0 Å². The van der Waals surface area contributed by atoms with Gasteiger partial charge >= 0.3 is 0 Å². The number of nitrogens with zero attached hydrogens (tertiary/aromatic N) is 1. The summed E-state index contributed by atoms with van der Waals surface area (Å²) in [7, 11) is 0. The van der Waals surface area contributed by atoms with Gasteiger partial charge in [-0.05, 0) is 19.1 Å². The quantitative estimate of drug-likeness (QED) is 0.876. The van der Waals surface area contributed by atoms with Crippen molar-refractivity contribution in [1.29, 1.82) is 0 Å². The van der Waals surface area contributed by atoms with Crippen molar-refractivity contribution in [2.24, 2.45) is 5.73 Å². The van der Waals surface area contributed by atoms with Gasteiger partial charge in [-0.25, -0.2) is 13.8 Å². The van der Waals surface area contributed by atoms with Crippen LogP contribution in [0.5, 0.6) is 0 Å². The second-order valence-corrected chi connectivity index (χ2v) is 5.33. The summed E-state index contributed by atoms with van der Waals surface area (Å²) in [5.74, 6) is -1.26. The molecule has 0 aliphatic carbocycles. The van der Waals surface area contributed by atoms with Gasteiger partial charge in [0.05, 0.1) is 10.0 Å². The molecule has 0 aliphatic rings. The highest BCUT2D eigenvalue weighted by molar-refractivity contribution is 7.09. The minimum absolute atomic E-state index is 0.116. The van der Waals surface area contributed by atoms with Crippen LogP contribution in [0.1, 0.15) is 22.3 Å². The minimum Gasteiger partial charge on any atom is -0.324 e. The molecule has 2 rings (SSSR count). The number of nitrogens with two attached hydrogens (primary N) is 1. The van der Waals surface area contributed by atoms with Crippen molar-refractivity contribution in [1.82, 2.24) is 4.98 Å². The molecule has 0 saturated carbocycles. The third-order valence-corrected chi connectivity index (χ3v) is 3.78. The van der Waals surface area contributed by atoms with E-state index in [0.29, 0.717) is 6.42 Å². The number of thiazole rings is 1. The van der Waals surface area contributed by atoms with Gasteiger partial charge in [0.15, 0.2) is 0 Å². The van der Waals surface area contributed by atoms with Gasteiger partial charge < -0.3 is 5.73 Å². The first-order chi connectivity index (χ1) is 8.47. The second kappa shape index (κ2) is 5.30. The highest BCUT2D eigenvalue weighted by Crippen LogP contribution is 2.25. The van der Waals surface area contributed by atoms with Gasteiger partial charge in [0.1, 0.15) is 11.6 Å². The summed E-state index contributed by atoms with van der Waals surface area (Å²) in [4.78, 5) is 4.24. The van der Waals surface area contributed by atoms with E-state index >= 15 is 0 Å². The van der Waals surface area contributed by atoms with Crippen molar-refractivity contribution >= 4 is 22.9 Å². The first-order valence-corrected chi connectivity index (χ1v) is 6.54. The van der Waals surface area contributed by atoms with Crippen LogP contribution in [-0.2, 0) is 6.42 Å². The maximum absolute atomic E-state index is 13.6.